The molecule has 274 valence electrons. The van der Waals surface area contributed by atoms with Crippen LogP contribution in [0, 0.1) is 5.92 Å². The summed E-state index contributed by atoms with van der Waals surface area (Å²) >= 11 is 0. The molecule has 4 heterocycles. The Morgan fingerprint density at radius 3 is 2.15 bits per heavy atom. The predicted molar refractivity (Wildman–Crippen MR) is 194 cm³/mol. The molecule has 4 amide bonds. The lowest BCUT2D eigenvalue weighted by Gasteiger charge is -2.35. The zero-order chi connectivity index (χ0) is 36.9. The number of piperidine rings is 1. The number of likely N-dealkylation sites (tertiary alicyclic amines) is 2. The molecular formula is C38H46N8O6. The van der Waals surface area contributed by atoms with Gasteiger partial charge in [0.05, 0.1) is 43.9 Å². The Labute approximate surface area is 302 Å². The normalized spacial score (nSPS) is 18.6. The largest absolute Gasteiger partial charge is 0.453 e. The van der Waals surface area contributed by atoms with Gasteiger partial charge in [0, 0.05) is 24.8 Å². The number of carbonyl (C=O) groups excluding carboxylic acids is 4. The predicted octanol–water partition coefficient (Wildman–Crippen LogP) is 5.59. The summed E-state index contributed by atoms with van der Waals surface area (Å²) in [5.74, 6) is 1.000. The lowest BCUT2D eigenvalue weighted by Crippen LogP contribution is -2.52. The molecule has 2 aromatic heterocycles. The number of alkyl carbamates (subject to hydrolysis) is 2. The molecule has 0 aliphatic carbocycles. The van der Waals surface area contributed by atoms with Gasteiger partial charge in [-0.05, 0) is 55.2 Å². The van der Waals surface area contributed by atoms with Crippen molar-refractivity contribution in [3.05, 3.63) is 72.6 Å². The number of nitrogens with zero attached hydrogens (tertiary/aromatic N) is 4. The van der Waals surface area contributed by atoms with Gasteiger partial charge in [-0.2, -0.15) is 0 Å². The maximum Gasteiger partial charge on any atom is 0.407 e. The van der Waals surface area contributed by atoms with Gasteiger partial charge < -0.3 is 39.9 Å². The molecule has 0 saturated carbocycles. The highest BCUT2D eigenvalue weighted by Crippen LogP contribution is 2.34. The van der Waals surface area contributed by atoms with Crippen molar-refractivity contribution in [1.82, 2.24) is 40.4 Å². The highest BCUT2D eigenvalue weighted by molar-refractivity contribution is 5.87. The van der Waals surface area contributed by atoms with E-state index in [1.54, 1.807) is 16.0 Å². The molecule has 2 aromatic carbocycles. The zero-order valence-electron chi connectivity index (χ0n) is 30.1. The third-order valence-electron chi connectivity index (χ3n) is 9.96. The van der Waals surface area contributed by atoms with E-state index in [0.29, 0.717) is 25.3 Å². The van der Waals surface area contributed by atoms with Crippen molar-refractivity contribution < 1.29 is 28.7 Å². The minimum atomic E-state index is -0.686. The van der Waals surface area contributed by atoms with Gasteiger partial charge in [-0.25, -0.2) is 19.6 Å². The van der Waals surface area contributed by atoms with Gasteiger partial charge in [-0.3, -0.25) is 9.59 Å². The highest BCUT2D eigenvalue weighted by atomic mass is 16.5. The molecule has 2 aliphatic heterocycles. The van der Waals surface area contributed by atoms with E-state index < -0.39 is 24.3 Å². The molecule has 4 N–H and O–H groups in total. The average Bonchev–Trinajstić information content (AvgIpc) is 3.96. The fraction of sp³-hybridized carbons (Fsp3) is 0.421. The number of hydrogen-bond acceptors (Lipinski definition) is 8. The topological polar surface area (TPSA) is 175 Å². The monoisotopic (exact) mass is 710 g/mol. The molecule has 4 aromatic rings. The highest BCUT2D eigenvalue weighted by Gasteiger charge is 2.38. The van der Waals surface area contributed by atoms with Gasteiger partial charge in [-0.15, -0.1) is 0 Å². The summed E-state index contributed by atoms with van der Waals surface area (Å²) < 4.78 is 9.42. The number of aromatic amines is 2. The second-order valence-corrected chi connectivity index (χ2v) is 13.6. The van der Waals surface area contributed by atoms with Crippen LogP contribution in [-0.4, -0.2) is 93.1 Å². The summed E-state index contributed by atoms with van der Waals surface area (Å²) in [7, 11) is 2.57. The van der Waals surface area contributed by atoms with E-state index in [2.05, 4.69) is 54.6 Å². The molecular weight excluding hydrogens is 664 g/mol. The number of imidazole rings is 2. The summed E-state index contributed by atoms with van der Waals surface area (Å²) in [5.41, 5.74) is 5.64. The zero-order valence-corrected chi connectivity index (χ0v) is 30.1. The van der Waals surface area contributed by atoms with Crippen LogP contribution in [0.2, 0.25) is 0 Å². The van der Waals surface area contributed by atoms with Crippen LogP contribution in [-0.2, 0) is 19.1 Å². The first-order chi connectivity index (χ1) is 25.1. The van der Waals surface area contributed by atoms with Crippen molar-refractivity contribution >= 4 is 24.0 Å². The van der Waals surface area contributed by atoms with E-state index in [9.17, 15) is 19.2 Å². The molecule has 2 aliphatic rings. The molecule has 14 heteroatoms. The van der Waals surface area contributed by atoms with Crippen LogP contribution in [0.4, 0.5) is 9.59 Å². The Morgan fingerprint density at radius 2 is 1.50 bits per heavy atom. The number of benzene rings is 2. The lowest BCUT2D eigenvalue weighted by molar-refractivity contribution is -0.138. The van der Waals surface area contributed by atoms with Crippen LogP contribution < -0.4 is 10.6 Å². The molecule has 0 radical (unpaired) electrons. The number of rotatable bonds is 10. The van der Waals surface area contributed by atoms with Gasteiger partial charge in [0.1, 0.15) is 23.7 Å². The summed E-state index contributed by atoms with van der Waals surface area (Å²) in [6.45, 7) is 6.90. The van der Waals surface area contributed by atoms with Crippen molar-refractivity contribution in [2.45, 2.75) is 70.6 Å². The van der Waals surface area contributed by atoms with E-state index in [1.807, 2.05) is 51.2 Å². The van der Waals surface area contributed by atoms with Crippen LogP contribution >= 0.6 is 0 Å². The summed E-state index contributed by atoms with van der Waals surface area (Å²) in [6.07, 6.45) is 5.37. The third-order valence-corrected chi connectivity index (χ3v) is 9.96. The first-order valence-electron chi connectivity index (χ1n) is 17.7. The molecule has 0 spiro atoms. The second kappa shape index (κ2) is 15.7. The van der Waals surface area contributed by atoms with Crippen molar-refractivity contribution in [3.8, 4) is 33.6 Å². The number of hydrogen-bond donors (Lipinski definition) is 4. The van der Waals surface area contributed by atoms with Gasteiger partial charge in [-0.1, -0.05) is 62.4 Å². The molecule has 2 saturated heterocycles. The first-order valence-corrected chi connectivity index (χ1v) is 17.7. The average molecular weight is 711 g/mol. The first kappa shape index (κ1) is 36.1. The number of ether oxygens (including phenoxy) is 2. The van der Waals surface area contributed by atoms with Gasteiger partial charge in [0.25, 0.3) is 0 Å². The standard InChI is InChI=1S/C38H46N8O6/c1-22(2)32(44-38(50)52-5)36(48)46-19-7-9-31(46)34-40-21-30(42-34)27-16-12-25(13-17-27)24-10-14-26(15-11-24)29-20-39-33(41-29)23(3)45-18-6-8-28(35(45)47)43-37(49)51-4/h10-17,20-23,28,31-32H,6-9,18-19H2,1-5H3,(H,39,41)(H,40,42)(H,43,49)(H,44,50). The molecule has 6 rings (SSSR count). The Kier molecular flexibility index (Phi) is 10.9. The van der Waals surface area contributed by atoms with Crippen LogP contribution in [0.3, 0.4) is 0 Å². The fourth-order valence-electron chi connectivity index (χ4n) is 6.99. The Balaban J connectivity index is 1.09. The number of amides is 4. The minimum Gasteiger partial charge on any atom is -0.453 e. The molecule has 0 bridgehead atoms. The fourth-order valence-corrected chi connectivity index (χ4v) is 6.99. The number of nitrogens with one attached hydrogen (secondary N) is 4. The Hall–Kier alpha value is -5.66. The third kappa shape index (κ3) is 7.65. The van der Waals surface area contributed by atoms with Crippen molar-refractivity contribution in [3.63, 3.8) is 0 Å². The van der Waals surface area contributed by atoms with Crippen LogP contribution in [0.1, 0.15) is 70.2 Å². The number of methoxy groups -OCH3 is 2. The molecule has 52 heavy (non-hydrogen) atoms. The van der Waals surface area contributed by atoms with E-state index in [4.69, 9.17) is 9.72 Å². The van der Waals surface area contributed by atoms with Gasteiger partial charge in [0.15, 0.2) is 0 Å². The number of carbonyl (C=O) groups is 4. The summed E-state index contributed by atoms with van der Waals surface area (Å²) in [5, 5.41) is 5.32. The van der Waals surface area contributed by atoms with E-state index in [0.717, 1.165) is 58.7 Å². The van der Waals surface area contributed by atoms with Crippen LogP contribution in [0.15, 0.2) is 60.9 Å². The number of aromatic nitrogens is 4. The lowest BCUT2D eigenvalue weighted by atomic mass is 10.0. The van der Waals surface area contributed by atoms with Crippen molar-refractivity contribution in [2.75, 3.05) is 27.3 Å². The molecule has 4 atom stereocenters. The molecule has 14 nitrogen and oxygen atoms in total. The van der Waals surface area contributed by atoms with Crippen LogP contribution in [0.5, 0.6) is 0 Å². The molecule has 4 unspecified atom stereocenters. The Bertz CT molecular complexity index is 1890. The summed E-state index contributed by atoms with van der Waals surface area (Å²) in [4.78, 5) is 69.9. The molecule has 2 fully saturated rings. The smallest absolute Gasteiger partial charge is 0.407 e. The van der Waals surface area contributed by atoms with Crippen LogP contribution in [0.25, 0.3) is 33.6 Å². The SMILES string of the molecule is COC(=O)NC1CCCN(C(C)c2nc(-c3ccc(-c4ccc(-c5cnc(C6CCCN6C(=O)C(NC(=O)OC)C(C)C)[nH]5)cc4)cc3)c[nH]2)C1=O. The van der Waals surface area contributed by atoms with E-state index in [-0.39, 0.29) is 29.8 Å². The van der Waals surface area contributed by atoms with Crippen molar-refractivity contribution in [1.29, 1.82) is 0 Å². The Morgan fingerprint density at radius 1 is 0.865 bits per heavy atom. The second-order valence-electron chi connectivity index (χ2n) is 13.6. The number of H-pyrrole nitrogens is 2. The van der Waals surface area contributed by atoms with E-state index in [1.165, 1.54) is 14.2 Å². The van der Waals surface area contributed by atoms with Gasteiger partial charge in [0.2, 0.25) is 11.8 Å². The van der Waals surface area contributed by atoms with E-state index >= 15 is 0 Å². The minimum absolute atomic E-state index is 0.104. The quantitative estimate of drug-likeness (QED) is 0.165. The summed E-state index contributed by atoms with van der Waals surface area (Å²) in [6, 6.07) is 14.6. The van der Waals surface area contributed by atoms with Gasteiger partial charge >= 0.3 is 12.2 Å². The maximum absolute atomic E-state index is 13.5. The van der Waals surface area contributed by atoms with Crippen molar-refractivity contribution in [2.24, 2.45) is 5.92 Å². The maximum atomic E-state index is 13.5.